The van der Waals surface area contributed by atoms with Crippen molar-refractivity contribution >= 4 is 11.9 Å². The van der Waals surface area contributed by atoms with Crippen LogP contribution >= 0.6 is 0 Å². The largest absolute Gasteiger partial charge is 0.454 e. The van der Waals surface area contributed by atoms with Gasteiger partial charge in [-0.15, -0.1) is 0 Å². The van der Waals surface area contributed by atoms with E-state index in [1.165, 1.54) is 225 Å². The number of esters is 1. The second-order valence-corrected chi connectivity index (χ2v) is 24.3. The van der Waals surface area contributed by atoms with Gasteiger partial charge in [0.1, 0.15) is 24.4 Å². The summed E-state index contributed by atoms with van der Waals surface area (Å²) in [5.74, 6) is -1.18. The van der Waals surface area contributed by atoms with Gasteiger partial charge in [0.05, 0.1) is 25.4 Å². The van der Waals surface area contributed by atoms with Gasteiger partial charge in [-0.1, -0.05) is 308 Å². The van der Waals surface area contributed by atoms with Crippen molar-refractivity contribution in [1.29, 1.82) is 0 Å². The molecule has 0 aromatic rings. The summed E-state index contributed by atoms with van der Waals surface area (Å²) in [6.45, 7) is 5.80. The number of carbonyl (C=O) groups excluding carboxylic acids is 2. The molecule has 6 N–H and O–H groups in total. The summed E-state index contributed by atoms with van der Waals surface area (Å²) in [5.41, 5.74) is 0. The number of nitrogens with one attached hydrogen (secondary N) is 1. The van der Waals surface area contributed by atoms with Crippen LogP contribution < -0.4 is 5.32 Å². The number of carbonyl (C=O) groups is 2. The summed E-state index contributed by atoms with van der Waals surface area (Å²) in [6, 6.07) is -1.02. The fourth-order valence-corrected chi connectivity index (χ4v) is 11.0. The van der Waals surface area contributed by atoms with Crippen molar-refractivity contribution in [2.24, 2.45) is 0 Å². The van der Waals surface area contributed by atoms with Crippen molar-refractivity contribution in [2.75, 3.05) is 13.2 Å². The van der Waals surface area contributed by atoms with Crippen LogP contribution in [0.25, 0.3) is 0 Å². The van der Waals surface area contributed by atoms with Crippen molar-refractivity contribution in [3.05, 3.63) is 36.5 Å². The highest BCUT2D eigenvalue weighted by atomic mass is 16.7. The SMILES string of the molecule is CCCCC/C=C\C/C=C\CCCCCCCCCCCCCCCCCCCC(=O)OC1C(OCC(NC(=O)C(O)CCCCCCCCCCCCCC)C(O)/C=C/CCCCCCCCCCCCC)OC(CO)C(O)C1O. The molecule has 0 aromatic carbocycles. The van der Waals surface area contributed by atoms with Crippen molar-refractivity contribution < 1.29 is 49.3 Å². The summed E-state index contributed by atoms with van der Waals surface area (Å²) >= 11 is 0. The summed E-state index contributed by atoms with van der Waals surface area (Å²) < 4.78 is 17.7. The number of amides is 1. The second kappa shape index (κ2) is 58.3. The predicted molar refractivity (Wildman–Crippen MR) is 338 cm³/mol. The Balaban J connectivity index is 2.52. The zero-order valence-corrected chi connectivity index (χ0v) is 52.9. The first-order valence-corrected chi connectivity index (χ1v) is 34.8. The van der Waals surface area contributed by atoms with Crippen molar-refractivity contribution in [3.8, 4) is 0 Å². The zero-order chi connectivity index (χ0) is 58.9. The Labute approximate surface area is 498 Å². The third kappa shape index (κ3) is 45.9. The van der Waals surface area contributed by atoms with E-state index < -0.39 is 67.4 Å². The standard InChI is InChI=1S/C70H131NO10/c1-4-7-10-13-16-19-22-25-26-27-28-29-30-31-32-33-34-35-36-37-38-40-43-46-49-52-55-58-65(75)81-68-67(77)66(76)64(59-72)80-70(68)79-60-61(62(73)56-53-50-47-44-42-39-23-20-17-14-11-8-5-2)71-69(78)63(74)57-54-51-48-45-41-24-21-18-15-12-9-6-3/h16,19,25-26,53,56,61-64,66-68,70,72-74,76-77H,4-15,17-18,20-24,27-52,54-55,57-60H2,1-3H3,(H,71,78)/b19-16-,26-25-,56-53+. The van der Waals surface area contributed by atoms with Crippen LogP contribution in [0.1, 0.15) is 335 Å². The maximum atomic E-state index is 13.4. The van der Waals surface area contributed by atoms with Gasteiger partial charge in [-0.2, -0.15) is 0 Å². The molecule has 11 nitrogen and oxygen atoms in total. The lowest BCUT2D eigenvalue weighted by molar-refractivity contribution is -0.305. The Morgan fingerprint density at radius 1 is 0.481 bits per heavy atom. The number of aliphatic hydroxyl groups excluding tert-OH is 5. The monoisotopic (exact) mass is 1150 g/mol. The average Bonchev–Trinajstić information content (AvgIpc) is 3.50. The number of allylic oxidation sites excluding steroid dienone is 5. The lowest BCUT2D eigenvalue weighted by atomic mass is 9.99. The zero-order valence-electron chi connectivity index (χ0n) is 52.9. The number of unbranched alkanes of at least 4 members (excludes halogenated alkanes) is 42. The van der Waals surface area contributed by atoms with E-state index in [4.69, 9.17) is 14.2 Å². The number of ether oxygens (including phenoxy) is 3. The molecule has 0 spiro atoms. The van der Waals surface area contributed by atoms with Crippen molar-refractivity contribution in [2.45, 2.75) is 384 Å². The molecule has 1 aliphatic rings. The summed E-state index contributed by atoms with van der Waals surface area (Å²) in [4.78, 5) is 26.6. The summed E-state index contributed by atoms with van der Waals surface area (Å²) in [6.07, 6.45) is 60.5. The van der Waals surface area contributed by atoms with Crippen LogP contribution in [0.3, 0.4) is 0 Å². The molecule has 1 aliphatic heterocycles. The van der Waals surface area contributed by atoms with Crippen molar-refractivity contribution in [1.82, 2.24) is 5.32 Å². The first-order chi connectivity index (χ1) is 39.7. The minimum absolute atomic E-state index is 0.128. The molecule has 1 fully saturated rings. The normalized spacial score (nSPS) is 18.8. The van der Waals surface area contributed by atoms with E-state index in [1.54, 1.807) is 6.08 Å². The molecule has 0 radical (unpaired) electrons. The second-order valence-electron chi connectivity index (χ2n) is 24.3. The molecule has 1 amide bonds. The smallest absolute Gasteiger partial charge is 0.306 e. The lowest BCUT2D eigenvalue weighted by Crippen LogP contribution is -2.61. The molecule has 1 saturated heterocycles. The van der Waals surface area contributed by atoms with E-state index in [1.807, 2.05) is 6.08 Å². The summed E-state index contributed by atoms with van der Waals surface area (Å²) in [7, 11) is 0. The minimum atomic E-state index is -1.61. The Hall–Kier alpha value is -2.12. The first kappa shape index (κ1) is 76.9. The quantitative estimate of drug-likeness (QED) is 0.0195. The van der Waals surface area contributed by atoms with Gasteiger partial charge < -0.3 is 45.1 Å². The van der Waals surface area contributed by atoms with E-state index in [9.17, 15) is 35.1 Å². The van der Waals surface area contributed by atoms with E-state index in [0.29, 0.717) is 19.3 Å². The molecular weight excluding hydrogens is 1010 g/mol. The molecule has 8 unspecified atom stereocenters. The molecule has 0 aromatic heterocycles. The third-order valence-electron chi connectivity index (χ3n) is 16.5. The molecular formula is C70H131NO10. The molecule has 11 heteroatoms. The highest BCUT2D eigenvalue weighted by Crippen LogP contribution is 2.26. The topological polar surface area (TPSA) is 175 Å². The average molecular weight is 1150 g/mol. The van der Waals surface area contributed by atoms with Crippen LogP contribution in [0, 0.1) is 0 Å². The molecule has 81 heavy (non-hydrogen) atoms. The van der Waals surface area contributed by atoms with Gasteiger partial charge in [0.2, 0.25) is 5.91 Å². The Morgan fingerprint density at radius 3 is 1.28 bits per heavy atom. The fourth-order valence-electron chi connectivity index (χ4n) is 11.0. The highest BCUT2D eigenvalue weighted by molar-refractivity contribution is 5.80. The molecule has 476 valence electrons. The van der Waals surface area contributed by atoms with Gasteiger partial charge in [0, 0.05) is 6.42 Å². The van der Waals surface area contributed by atoms with E-state index in [-0.39, 0.29) is 13.0 Å². The van der Waals surface area contributed by atoms with Crippen LogP contribution in [0.15, 0.2) is 36.5 Å². The molecule has 0 saturated carbocycles. The molecule has 1 heterocycles. The molecule has 0 aliphatic carbocycles. The predicted octanol–water partition coefficient (Wildman–Crippen LogP) is 17.4. The van der Waals surface area contributed by atoms with Gasteiger partial charge >= 0.3 is 5.97 Å². The number of hydrogen-bond acceptors (Lipinski definition) is 10. The van der Waals surface area contributed by atoms with Crippen LogP contribution in [0.2, 0.25) is 0 Å². The van der Waals surface area contributed by atoms with Crippen LogP contribution in [0.5, 0.6) is 0 Å². The Bertz CT molecular complexity index is 1460. The van der Waals surface area contributed by atoms with Crippen LogP contribution in [-0.4, -0.2) is 99.6 Å². The van der Waals surface area contributed by atoms with Crippen molar-refractivity contribution in [3.63, 3.8) is 0 Å². The molecule has 8 atom stereocenters. The van der Waals surface area contributed by atoms with Gasteiger partial charge in [0.25, 0.3) is 0 Å². The fraction of sp³-hybridized carbons (Fsp3) is 0.886. The minimum Gasteiger partial charge on any atom is -0.454 e. The Kier molecular flexibility index (Phi) is 55.3. The number of hydrogen-bond donors (Lipinski definition) is 6. The van der Waals surface area contributed by atoms with Gasteiger partial charge in [-0.05, 0) is 57.8 Å². The maximum Gasteiger partial charge on any atom is 0.306 e. The van der Waals surface area contributed by atoms with Gasteiger partial charge in [-0.3, -0.25) is 9.59 Å². The third-order valence-corrected chi connectivity index (χ3v) is 16.5. The van der Waals surface area contributed by atoms with Gasteiger partial charge in [-0.25, -0.2) is 0 Å². The number of aliphatic hydroxyl groups is 5. The molecule has 0 bridgehead atoms. The summed E-state index contributed by atoms with van der Waals surface area (Å²) in [5, 5.41) is 57.1. The van der Waals surface area contributed by atoms with Gasteiger partial charge in [0.15, 0.2) is 12.4 Å². The van der Waals surface area contributed by atoms with Crippen LogP contribution in [-0.2, 0) is 23.8 Å². The van der Waals surface area contributed by atoms with E-state index in [0.717, 1.165) is 64.2 Å². The molecule has 1 rings (SSSR count). The maximum absolute atomic E-state index is 13.4. The van der Waals surface area contributed by atoms with Crippen LogP contribution in [0.4, 0.5) is 0 Å². The van der Waals surface area contributed by atoms with E-state index in [2.05, 4.69) is 50.4 Å². The first-order valence-electron chi connectivity index (χ1n) is 34.8. The Morgan fingerprint density at radius 2 is 0.852 bits per heavy atom. The highest BCUT2D eigenvalue weighted by Gasteiger charge is 2.47. The lowest BCUT2D eigenvalue weighted by Gasteiger charge is -2.41. The number of rotatable bonds is 60. The van der Waals surface area contributed by atoms with E-state index >= 15 is 0 Å².